The third kappa shape index (κ3) is 9.36. The summed E-state index contributed by atoms with van der Waals surface area (Å²) in [6.45, 7) is 33.0. The number of rotatable bonds is 14. The first-order valence-electron chi connectivity index (χ1n) is 21.1. The number of ether oxygens (including phenoxy) is 12. The minimum absolute atomic E-state index is 0.00347. The monoisotopic (exact) mass is 773 g/mol. The molecule has 7 fully saturated rings. The molecule has 7 rings (SSSR count). The lowest BCUT2D eigenvalue weighted by Crippen LogP contribution is -2.60. The molecule has 0 aromatic carbocycles. The van der Waals surface area contributed by atoms with Crippen molar-refractivity contribution in [2.75, 3.05) is 26.4 Å². The Bertz CT molecular complexity index is 1110. The van der Waals surface area contributed by atoms with Gasteiger partial charge in [0.25, 0.3) is 0 Å². The van der Waals surface area contributed by atoms with E-state index in [1.54, 1.807) is 0 Å². The van der Waals surface area contributed by atoms with Crippen molar-refractivity contribution in [1.82, 2.24) is 0 Å². The van der Waals surface area contributed by atoms with Gasteiger partial charge in [-0.25, -0.2) is 0 Å². The first-order chi connectivity index (χ1) is 25.3. The predicted octanol–water partition coefficient (Wildman–Crippen LogP) is 6.21. The molecule has 6 aliphatic heterocycles. The van der Waals surface area contributed by atoms with Crippen LogP contribution in [0.25, 0.3) is 0 Å². The molecule has 1 unspecified atom stereocenters. The number of fused-ring (bicyclic) bond motifs is 5. The highest BCUT2D eigenvalue weighted by molar-refractivity contribution is 5.18. The Balaban J connectivity index is 0.000000157. The first kappa shape index (κ1) is 44.6. The minimum atomic E-state index is -0.404. The van der Waals surface area contributed by atoms with Crippen molar-refractivity contribution >= 4 is 0 Å². The van der Waals surface area contributed by atoms with Crippen LogP contribution in [0, 0.1) is 0 Å². The fourth-order valence-corrected chi connectivity index (χ4v) is 9.32. The van der Waals surface area contributed by atoms with Crippen LogP contribution in [0.5, 0.6) is 0 Å². The van der Waals surface area contributed by atoms with Crippen molar-refractivity contribution in [3.8, 4) is 0 Å². The van der Waals surface area contributed by atoms with Crippen LogP contribution in [0.3, 0.4) is 0 Å². The average Bonchev–Trinajstić information content (AvgIpc) is 3.86. The Morgan fingerprint density at radius 3 is 1.33 bits per heavy atom. The molecular weight excluding hydrogens is 696 g/mol. The second-order valence-corrected chi connectivity index (χ2v) is 18.2. The van der Waals surface area contributed by atoms with E-state index in [-0.39, 0.29) is 104 Å². The fraction of sp³-hybridized carbons (Fsp3) is 1.00. The van der Waals surface area contributed by atoms with Gasteiger partial charge in [0.15, 0.2) is 0 Å². The van der Waals surface area contributed by atoms with E-state index in [1.165, 1.54) is 0 Å². The summed E-state index contributed by atoms with van der Waals surface area (Å²) < 4.78 is 72.1. The third-order valence-electron chi connectivity index (χ3n) is 11.3. The molecule has 14 atom stereocenters. The molecular formula is C42H76O12. The zero-order valence-corrected chi connectivity index (χ0v) is 36.2. The summed E-state index contributed by atoms with van der Waals surface area (Å²) in [6, 6.07) is 0. The van der Waals surface area contributed by atoms with Crippen LogP contribution in [0.4, 0.5) is 0 Å². The van der Waals surface area contributed by atoms with Gasteiger partial charge in [0.2, 0.25) is 0 Å². The molecule has 1 aliphatic carbocycles. The molecule has 1 spiro atoms. The summed E-state index contributed by atoms with van der Waals surface area (Å²) in [5, 5.41) is 0. The van der Waals surface area contributed by atoms with E-state index in [4.69, 9.17) is 56.8 Å². The second-order valence-electron chi connectivity index (χ2n) is 18.2. The predicted molar refractivity (Wildman–Crippen MR) is 204 cm³/mol. The van der Waals surface area contributed by atoms with E-state index >= 15 is 0 Å². The molecule has 0 amide bonds. The topological polar surface area (TPSA) is 111 Å². The van der Waals surface area contributed by atoms with Gasteiger partial charge in [-0.1, -0.05) is 0 Å². The molecule has 12 nitrogen and oxygen atoms in total. The van der Waals surface area contributed by atoms with E-state index in [0.29, 0.717) is 26.4 Å². The maximum atomic E-state index is 6.40. The van der Waals surface area contributed by atoms with E-state index in [0.717, 1.165) is 19.3 Å². The Morgan fingerprint density at radius 1 is 0.500 bits per heavy atom. The third-order valence-corrected chi connectivity index (χ3v) is 11.3. The molecule has 1 saturated carbocycles. The summed E-state index contributed by atoms with van der Waals surface area (Å²) >= 11 is 0. The summed E-state index contributed by atoms with van der Waals surface area (Å²) in [6.07, 6.45) is 4.99. The van der Waals surface area contributed by atoms with Crippen molar-refractivity contribution in [2.24, 2.45) is 0 Å². The Labute approximate surface area is 326 Å². The van der Waals surface area contributed by atoms with Crippen LogP contribution in [0.2, 0.25) is 0 Å². The molecule has 54 heavy (non-hydrogen) atoms. The molecule has 6 bridgehead atoms. The quantitative estimate of drug-likeness (QED) is 0.200. The van der Waals surface area contributed by atoms with Crippen molar-refractivity contribution in [3.63, 3.8) is 0 Å². The maximum absolute atomic E-state index is 6.40. The summed E-state index contributed by atoms with van der Waals surface area (Å²) in [7, 11) is 0. The smallest absolute Gasteiger partial charge is 0.149 e. The van der Waals surface area contributed by atoms with Crippen LogP contribution < -0.4 is 0 Å². The Morgan fingerprint density at radius 2 is 0.926 bits per heavy atom. The van der Waals surface area contributed by atoms with Crippen LogP contribution in [0.1, 0.15) is 123 Å². The highest BCUT2D eigenvalue weighted by atomic mass is 16.7. The molecule has 12 heteroatoms. The standard InChI is InChI=1S/C16H28O4.2C13H24O4/c1-9(2)17-12-7-6-8-13-16(12)15(18-10(3)4)14(19-13)11(5)20-16;2*1-8(2)14-6-13-7-15-11(10(5)17-13)12(13)16-9(3)4/h9-15H,6-8H2,1-5H3;2*8-12H,6-7H2,1-5H3/t11-,12+,13+,14+,15+,16?;10-,11+,12+,13+;10-,11-,12-,13-/m000/s1. The number of hydrogen-bond donors (Lipinski definition) is 0. The second kappa shape index (κ2) is 18.2. The van der Waals surface area contributed by atoms with Crippen molar-refractivity contribution in [1.29, 1.82) is 0 Å². The Kier molecular flexibility index (Phi) is 15.0. The van der Waals surface area contributed by atoms with Gasteiger partial charge in [-0.2, -0.15) is 0 Å². The number of hydrogen-bond acceptors (Lipinski definition) is 12. The summed E-state index contributed by atoms with van der Waals surface area (Å²) in [5.41, 5.74) is -1.20. The van der Waals surface area contributed by atoms with Crippen molar-refractivity contribution in [3.05, 3.63) is 0 Å². The van der Waals surface area contributed by atoms with Crippen LogP contribution in [-0.2, 0) is 56.8 Å². The first-order valence-corrected chi connectivity index (χ1v) is 21.1. The molecule has 7 aliphatic rings. The molecule has 0 N–H and O–H groups in total. The molecule has 0 aromatic heterocycles. The lowest BCUT2D eigenvalue weighted by atomic mass is 9.77. The van der Waals surface area contributed by atoms with Gasteiger partial charge in [-0.05, 0) is 123 Å². The van der Waals surface area contributed by atoms with Gasteiger partial charge < -0.3 is 56.8 Å². The van der Waals surface area contributed by atoms with Gasteiger partial charge in [0.05, 0.1) is 93.6 Å². The highest BCUT2D eigenvalue weighted by Gasteiger charge is 2.71. The molecule has 0 aromatic rings. The summed E-state index contributed by atoms with van der Waals surface area (Å²) in [5.74, 6) is 0. The lowest BCUT2D eigenvalue weighted by molar-refractivity contribution is -0.252. The zero-order valence-electron chi connectivity index (χ0n) is 36.2. The lowest BCUT2D eigenvalue weighted by Gasteiger charge is -2.46. The molecule has 316 valence electrons. The largest absolute Gasteiger partial charge is 0.376 e. The molecule has 6 heterocycles. The van der Waals surface area contributed by atoms with E-state index in [1.807, 2.05) is 69.2 Å². The van der Waals surface area contributed by atoms with E-state index in [9.17, 15) is 0 Å². The minimum Gasteiger partial charge on any atom is -0.376 e. The SMILES string of the molecule is CC(C)OC[C@@]12CO[C@@H]([C@H](C)O1)[C@@H]2OC(C)C.CC(C)OC[C@]12CO[C@H]([C@H](C)O1)[C@H]2OC(C)C.CC(C)O[C@@H]1[C@@H]2O[C@@H]3CCC[C@@H](OC(C)C)C13O[C@H]2C. The zero-order chi connectivity index (χ0) is 39.7. The van der Waals surface area contributed by atoms with Gasteiger partial charge in [-0.15, -0.1) is 0 Å². The van der Waals surface area contributed by atoms with Crippen LogP contribution >= 0.6 is 0 Å². The van der Waals surface area contributed by atoms with Gasteiger partial charge in [-0.3, -0.25) is 0 Å². The fourth-order valence-electron chi connectivity index (χ4n) is 9.32. The highest BCUT2D eigenvalue weighted by Crippen LogP contribution is 2.54. The Hall–Kier alpha value is -0.480. The van der Waals surface area contributed by atoms with Gasteiger partial charge >= 0.3 is 0 Å². The van der Waals surface area contributed by atoms with E-state index in [2.05, 4.69) is 34.6 Å². The van der Waals surface area contributed by atoms with Crippen molar-refractivity contribution < 1.29 is 56.8 Å². The maximum Gasteiger partial charge on any atom is 0.149 e. The van der Waals surface area contributed by atoms with Crippen LogP contribution in [-0.4, -0.2) is 147 Å². The van der Waals surface area contributed by atoms with Crippen LogP contribution in [0.15, 0.2) is 0 Å². The van der Waals surface area contributed by atoms with E-state index < -0.39 is 16.8 Å². The normalized spacial score (nSPS) is 43.2. The summed E-state index contributed by atoms with van der Waals surface area (Å²) in [4.78, 5) is 0. The van der Waals surface area contributed by atoms with Gasteiger partial charge in [0, 0.05) is 0 Å². The molecule has 0 radical (unpaired) electrons. The van der Waals surface area contributed by atoms with Crippen molar-refractivity contribution in [2.45, 2.75) is 244 Å². The van der Waals surface area contributed by atoms with Gasteiger partial charge in [0.1, 0.15) is 53.4 Å². The molecule has 6 saturated heterocycles. The average molecular weight is 773 g/mol.